The molecule has 8 aromatic rings. The highest BCUT2D eigenvalue weighted by molar-refractivity contribution is 6.26. The van der Waals surface area contributed by atoms with Crippen LogP contribution in [0.5, 0.6) is 0 Å². The van der Waals surface area contributed by atoms with E-state index in [-0.39, 0.29) is 6.17 Å². The smallest absolute Gasteiger partial charge is 0.159 e. The summed E-state index contributed by atoms with van der Waals surface area (Å²) in [4.78, 5) is 10.1. The minimum absolute atomic E-state index is 0.315. The molecular weight excluding hydrogens is 653 g/mol. The van der Waals surface area contributed by atoms with Crippen molar-refractivity contribution in [2.75, 3.05) is 5.43 Å². The Balaban J connectivity index is 1.14. The lowest BCUT2D eigenvalue weighted by Gasteiger charge is -2.24. The first-order valence-corrected chi connectivity index (χ1v) is 17.6. The Morgan fingerprint density at radius 3 is 2.19 bits per heavy atom. The number of hydrogen-bond acceptors (Lipinski definition) is 6. The second kappa shape index (κ2) is 12.5. The van der Waals surface area contributed by atoms with Gasteiger partial charge in [0.15, 0.2) is 5.84 Å². The zero-order valence-corrected chi connectivity index (χ0v) is 28.5. The predicted molar refractivity (Wildman–Crippen MR) is 217 cm³/mol. The summed E-state index contributed by atoms with van der Waals surface area (Å²) in [5.74, 6) is 1.39. The van der Waals surface area contributed by atoms with Crippen molar-refractivity contribution in [3.05, 3.63) is 198 Å². The molecule has 0 bridgehead atoms. The van der Waals surface area contributed by atoms with Gasteiger partial charge in [-0.25, -0.2) is 9.98 Å². The van der Waals surface area contributed by atoms with Crippen LogP contribution in [-0.2, 0) is 0 Å². The fourth-order valence-electron chi connectivity index (χ4n) is 7.44. The van der Waals surface area contributed by atoms with Crippen molar-refractivity contribution in [1.29, 1.82) is 5.41 Å². The number of nitrogens with one attached hydrogen (secondary N) is 3. The summed E-state index contributed by atoms with van der Waals surface area (Å²) in [7, 11) is 0. The van der Waals surface area contributed by atoms with E-state index in [1.807, 2.05) is 103 Å². The lowest BCUT2D eigenvalue weighted by molar-refractivity contribution is 0.664. The van der Waals surface area contributed by atoms with Gasteiger partial charge >= 0.3 is 0 Å². The van der Waals surface area contributed by atoms with Crippen molar-refractivity contribution in [2.45, 2.75) is 6.17 Å². The number of nitrogens with zero attached hydrogens (tertiary/aromatic N) is 3. The normalized spacial score (nSPS) is 16.6. The van der Waals surface area contributed by atoms with Crippen LogP contribution in [0.25, 0.3) is 49.4 Å². The van der Waals surface area contributed by atoms with Crippen molar-refractivity contribution < 1.29 is 4.42 Å². The molecule has 0 radical (unpaired) electrons. The van der Waals surface area contributed by atoms with Crippen LogP contribution >= 0.6 is 0 Å². The number of amidine groups is 2. The van der Waals surface area contributed by atoms with Crippen LogP contribution in [0.1, 0.15) is 28.4 Å². The molecule has 7 heteroatoms. The van der Waals surface area contributed by atoms with Gasteiger partial charge < -0.3 is 15.1 Å². The van der Waals surface area contributed by atoms with Gasteiger partial charge in [0.2, 0.25) is 0 Å². The quantitative estimate of drug-likeness (QED) is 0.163. The molecule has 1 unspecified atom stereocenters. The Hall–Kier alpha value is -7.25. The van der Waals surface area contributed by atoms with Crippen LogP contribution in [0.15, 0.2) is 190 Å². The average Bonchev–Trinajstić information content (AvgIpc) is 3.46. The number of rotatable bonds is 6. The van der Waals surface area contributed by atoms with Gasteiger partial charge in [0.05, 0.1) is 27.8 Å². The summed E-state index contributed by atoms with van der Waals surface area (Å²) in [5.41, 5.74) is 13.2. The maximum Gasteiger partial charge on any atom is 0.159 e. The van der Waals surface area contributed by atoms with E-state index in [1.54, 1.807) is 0 Å². The van der Waals surface area contributed by atoms with E-state index >= 15 is 0 Å². The van der Waals surface area contributed by atoms with Crippen LogP contribution < -0.4 is 10.7 Å². The lowest BCUT2D eigenvalue weighted by atomic mass is 9.97. The summed E-state index contributed by atoms with van der Waals surface area (Å²) in [5, 5.41) is 17.0. The fraction of sp³-hybridized carbons (Fsp3) is 0.0217. The molecule has 7 nitrogen and oxygen atoms in total. The third-order valence-electron chi connectivity index (χ3n) is 9.91. The first kappa shape index (κ1) is 30.6. The number of aliphatic imine (C=N–C) groups is 2. The largest absolute Gasteiger partial charge is 0.456 e. The summed E-state index contributed by atoms with van der Waals surface area (Å²) in [6.45, 7) is 0. The van der Waals surface area contributed by atoms with E-state index in [9.17, 15) is 0 Å². The molecule has 0 saturated heterocycles. The zero-order chi connectivity index (χ0) is 35.3. The number of hydrogen-bond donors (Lipinski definition) is 3. The van der Waals surface area contributed by atoms with Gasteiger partial charge in [0.1, 0.15) is 23.2 Å². The van der Waals surface area contributed by atoms with Crippen molar-refractivity contribution in [2.24, 2.45) is 9.98 Å². The minimum Gasteiger partial charge on any atom is -0.456 e. The molecular formula is C46H32N6O. The number of allylic oxidation sites excluding steroid dienone is 5. The molecule has 0 spiro atoms. The number of fused-ring (bicyclic) bond motifs is 2. The second-order valence-electron chi connectivity index (χ2n) is 13.1. The Morgan fingerprint density at radius 2 is 1.34 bits per heavy atom. The Labute approximate surface area is 305 Å². The van der Waals surface area contributed by atoms with Gasteiger partial charge in [-0.1, -0.05) is 133 Å². The van der Waals surface area contributed by atoms with E-state index in [0.29, 0.717) is 11.5 Å². The van der Waals surface area contributed by atoms with Gasteiger partial charge in [0.25, 0.3) is 0 Å². The predicted octanol–water partition coefficient (Wildman–Crippen LogP) is 10.3. The second-order valence-corrected chi connectivity index (χ2v) is 13.1. The summed E-state index contributed by atoms with van der Waals surface area (Å²) < 4.78 is 8.71. The molecule has 1 atom stereocenters. The Morgan fingerprint density at radius 1 is 0.660 bits per heavy atom. The third-order valence-corrected chi connectivity index (χ3v) is 9.91. The molecule has 6 aromatic carbocycles. The van der Waals surface area contributed by atoms with Crippen LogP contribution in [0.3, 0.4) is 0 Å². The minimum atomic E-state index is -0.315. The first-order valence-electron chi connectivity index (χ1n) is 17.6. The van der Waals surface area contributed by atoms with Crippen LogP contribution in [-0.4, -0.2) is 22.1 Å². The van der Waals surface area contributed by atoms with Gasteiger partial charge in [-0.15, -0.1) is 0 Å². The molecule has 1 aliphatic carbocycles. The van der Waals surface area contributed by atoms with E-state index < -0.39 is 0 Å². The highest BCUT2D eigenvalue weighted by atomic mass is 16.3. The zero-order valence-electron chi connectivity index (χ0n) is 28.5. The maximum atomic E-state index is 9.04. The molecule has 252 valence electrons. The Bertz CT molecular complexity index is 2910. The molecule has 3 N–H and O–H groups in total. The van der Waals surface area contributed by atoms with Gasteiger partial charge in [-0.05, 0) is 47.4 Å². The Kier molecular flexibility index (Phi) is 7.21. The first-order chi connectivity index (χ1) is 26.2. The van der Waals surface area contributed by atoms with Crippen LogP contribution in [0.4, 0.5) is 0 Å². The number of para-hydroxylation sites is 1. The standard InChI is InChI=1S/C46H32N6O/c47-36-23-9-7-21-35(36)43(51-52-37-24-12-22-34-33-20-8-10-26-39(33)53-40-27-13-25-38(52)42(40)41(34)37)31-18-11-19-32(28-31)46-49-44(29-14-3-1-4-15-29)48-45(50-46)30-16-5-2-6-17-30/h1-28,44,47,51H,(H,48,49,50)/b43-35-,47-36?. The van der Waals surface area contributed by atoms with Crippen molar-refractivity contribution in [1.82, 2.24) is 9.99 Å². The van der Waals surface area contributed by atoms with Crippen LogP contribution in [0.2, 0.25) is 0 Å². The van der Waals surface area contributed by atoms with E-state index in [4.69, 9.17) is 19.8 Å². The molecule has 2 aliphatic rings. The third kappa shape index (κ3) is 5.26. The number of benzene rings is 6. The molecule has 53 heavy (non-hydrogen) atoms. The molecule has 2 aromatic heterocycles. The van der Waals surface area contributed by atoms with E-state index in [0.717, 1.165) is 83.1 Å². The molecule has 0 fully saturated rings. The van der Waals surface area contributed by atoms with E-state index in [2.05, 4.69) is 82.1 Å². The maximum absolute atomic E-state index is 9.04. The van der Waals surface area contributed by atoms with Crippen molar-refractivity contribution in [3.63, 3.8) is 0 Å². The van der Waals surface area contributed by atoms with Crippen molar-refractivity contribution >= 4 is 66.8 Å². The van der Waals surface area contributed by atoms with Gasteiger partial charge in [-0.2, -0.15) is 0 Å². The fourth-order valence-corrected chi connectivity index (χ4v) is 7.44. The molecule has 10 rings (SSSR count). The average molecular weight is 685 g/mol. The summed E-state index contributed by atoms with van der Waals surface area (Å²) in [6.07, 6.45) is 7.38. The molecule has 0 saturated carbocycles. The molecule has 0 amide bonds. The van der Waals surface area contributed by atoms with Crippen molar-refractivity contribution in [3.8, 4) is 0 Å². The van der Waals surface area contributed by atoms with Gasteiger partial charge in [-0.3, -0.25) is 10.1 Å². The summed E-state index contributed by atoms with van der Waals surface area (Å²) in [6, 6.07) is 49.4. The van der Waals surface area contributed by atoms with E-state index in [1.165, 1.54) is 0 Å². The topological polar surface area (TPSA) is 90.7 Å². The monoisotopic (exact) mass is 684 g/mol. The SMILES string of the molecule is N=C1C=CC=C/C1=C(/Nn1c2cccc3oc4ccccc4c4cccc1c4c32)c1cccc(C2=NC(c3ccccc3)=NC(c3ccccc3)N2)c1. The number of aromatic nitrogens is 1. The highest BCUT2D eigenvalue weighted by Crippen LogP contribution is 2.39. The van der Waals surface area contributed by atoms with Gasteiger partial charge in [0, 0.05) is 33.0 Å². The van der Waals surface area contributed by atoms with Crippen LogP contribution in [0, 0.1) is 5.41 Å². The summed E-state index contributed by atoms with van der Waals surface area (Å²) >= 11 is 0. The highest BCUT2D eigenvalue weighted by Gasteiger charge is 2.23. The lowest BCUT2D eigenvalue weighted by Crippen LogP contribution is -2.33. The molecule has 1 aliphatic heterocycles. The molecule has 3 heterocycles.